The van der Waals surface area contributed by atoms with Crippen LogP contribution in [0.2, 0.25) is 0 Å². The van der Waals surface area contributed by atoms with Crippen LogP contribution in [0, 0.1) is 12.7 Å². The number of benzene rings is 2. The second kappa shape index (κ2) is 11.5. The van der Waals surface area contributed by atoms with Crippen LogP contribution in [0.25, 0.3) is 0 Å². The number of hydrogen-bond acceptors (Lipinski definition) is 2. The maximum absolute atomic E-state index is 13.3. The van der Waals surface area contributed by atoms with Gasteiger partial charge in [0.1, 0.15) is 5.82 Å². The van der Waals surface area contributed by atoms with Crippen LogP contribution in [-0.4, -0.2) is 25.0 Å². The van der Waals surface area contributed by atoms with Gasteiger partial charge in [0.15, 0.2) is 5.96 Å². The van der Waals surface area contributed by atoms with Crippen molar-refractivity contribution in [3.63, 3.8) is 0 Å². The molecule has 0 saturated carbocycles. The minimum atomic E-state index is -0.227. The van der Waals surface area contributed by atoms with E-state index in [1.54, 1.807) is 19.1 Å². The van der Waals surface area contributed by atoms with Gasteiger partial charge in [-0.15, -0.1) is 24.0 Å². The van der Waals surface area contributed by atoms with E-state index < -0.39 is 0 Å². The highest BCUT2D eigenvalue weighted by atomic mass is 127. The molecule has 0 radical (unpaired) electrons. The Labute approximate surface area is 170 Å². The van der Waals surface area contributed by atoms with Crippen LogP contribution in [0.4, 0.5) is 10.1 Å². The zero-order chi connectivity index (χ0) is 18.1. The summed E-state index contributed by atoms with van der Waals surface area (Å²) >= 11 is 0. The molecular weight excluding hydrogens is 446 g/mol. The summed E-state index contributed by atoms with van der Waals surface area (Å²) in [7, 11) is 0. The number of amides is 1. The first-order valence-corrected chi connectivity index (χ1v) is 8.20. The molecule has 0 aliphatic carbocycles. The first-order valence-electron chi connectivity index (χ1n) is 8.20. The molecule has 1 amide bonds. The van der Waals surface area contributed by atoms with E-state index in [2.05, 4.69) is 20.9 Å². The molecule has 2 aromatic carbocycles. The van der Waals surface area contributed by atoms with Crippen molar-refractivity contribution in [3.8, 4) is 0 Å². The van der Waals surface area contributed by atoms with Gasteiger partial charge in [0.25, 0.3) is 0 Å². The van der Waals surface area contributed by atoms with E-state index >= 15 is 0 Å². The van der Waals surface area contributed by atoms with Crippen molar-refractivity contribution in [2.75, 3.05) is 18.4 Å². The van der Waals surface area contributed by atoms with Gasteiger partial charge < -0.3 is 16.0 Å². The third-order valence-electron chi connectivity index (χ3n) is 3.46. The highest BCUT2D eigenvalue weighted by Crippen LogP contribution is 2.10. The Morgan fingerprint density at radius 3 is 2.50 bits per heavy atom. The van der Waals surface area contributed by atoms with Gasteiger partial charge in [0, 0.05) is 12.2 Å². The van der Waals surface area contributed by atoms with Crippen molar-refractivity contribution in [1.82, 2.24) is 10.6 Å². The molecule has 0 spiro atoms. The fourth-order valence-corrected chi connectivity index (χ4v) is 2.21. The summed E-state index contributed by atoms with van der Waals surface area (Å²) in [4.78, 5) is 16.4. The maximum atomic E-state index is 13.3. The number of aliphatic imine (C=N–C) groups is 1. The smallest absolute Gasteiger partial charge is 0.243 e. The Hall–Kier alpha value is -2.16. The quantitative estimate of drug-likeness (QED) is 0.344. The number of halogens is 2. The molecule has 26 heavy (non-hydrogen) atoms. The lowest BCUT2D eigenvalue weighted by molar-refractivity contribution is -0.115. The minimum absolute atomic E-state index is 0. The zero-order valence-corrected chi connectivity index (χ0v) is 17.2. The lowest BCUT2D eigenvalue weighted by Gasteiger charge is -2.11. The Balaban J connectivity index is 0.00000338. The van der Waals surface area contributed by atoms with Crippen LogP contribution >= 0.6 is 24.0 Å². The van der Waals surface area contributed by atoms with Crippen LogP contribution in [0.1, 0.15) is 18.1 Å². The molecular formula is C19H24FIN4O. The first-order chi connectivity index (χ1) is 12.1. The molecule has 3 N–H and O–H groups in total. The van der Waals surface area contributed by atoms with Crippen molar-refractivity contribution in [3.05, 3.63) is 65.5 Å². The number of nitrogens with zero attached hydrogens (tertiary/aromatic N) is 1. The number of aryl methyl sites for hydroxylation is 1. The zero-order valence-electron chi connectivity index (χ0n) is 14.9. The second-order valence-corrected chi connectivity index (χ2v) is 5.55. The minimum Gasteiger partial charge on any atom is -0.357 e. The fraction of sp³-hybridized carbons (Fsp3) is 0.263. The van der Waals surface area contributed by atoms with Gasteiger partial charge >= 0.3 is 0 Å². The molecule has 0 heterocycles. The molecule has 0 aromatic heterocycles. The molecule has 0 unspecified atom stereocenters. The van der Waals surface area contributed by atoms with E-state index in [0.29, 0.717) is 24.6 Å². The molecule has 140 valence electrons. The van der Waals surface area contributed by atoms with Crippen molar-refractivity contribution in [2.24, 2.45) is 4.99 Å². The van der Waals surface area contributed by atoms with Crippen LogP contribution < -0.4 is 16.0 Å². The standard InChI is InChI=1S/C19H23FN4O.HI/c1-3-21-19(22-12-15-9-10-17(20)14(2)11-15)23-13-18(25)24-16-7-5-4-6-8-16;/h4-11H,3,12-13H2,1-2H3,(H,24,25)(H2,21,22,23);1H. The summed E-state index contributed by atoms with van der Waals surface area (Å²) in [6.45, 7) is 4.84. The van der Waals surface area contributed by atoms with Crippen LogP contribution in [0.5, 0.6) is 0 Å². The van der Waals surface area contributed by atoms with Crippen LogP contribution in [0.3, 0.4) is 0 Å². The molecule has 2 aromatic rings. The van der Waals surface area contributed by atoms with Crippen LogP contribution in [0.15, 0.2) is 53.5 Å². The van der Waals surface area contributed by atoms with E-state index in [4.69, 9.17) is 0 Å². The summed E-state index contributed by atoms with van der Waals surface area (Å²) in [6, 6.07) is 14.2. The monoisotopic (exact) mass is 470 g/mol. The topological polar surface area (TPSA) is 65.5 Å². The summed E-state index contributed by atoms with van der Waals surface area (Å²) in [6.07, 6.45) is 0. The van der Waals surface area contributed by atoms with Gasteiger partial charge in [-0.3, -0.25) is 4.79 Å². The highest BCUT2D eigenvalue weighted by Gasteiger charge is 2.04. The molecule has 0 atom stereocenters. The highest BCUT2D eigenvalue weighted by molar-refractivity contribution is 14.0. The lowest BCUT2D eigenvalue weighted by atomic mass is 10.1. The number of carbonyl (C=O) groups excluding carboxylic acids is 1. The van der Waals surface area contributed by atoms with Crippen molar-refractivity contribution >= 4 is 41.5 Å². The van der Waals surface area contributed by atoms with Crippen LogP contribution in [-0.2, 0) is 11.3 Å². The number of para-hydroxylation sites is 1. The van der Waals surface area contributed by atoms with Gasteiger partial charge in [-0.25, -0.2) is 9.38 Å². The number of guanidine groups is 1. The summed E-state index contributed by atoms with van der Waals surface area (Å²) in [5.74, 6) is 0.150. The number of hydrogen-bond donors (Lipinski definition) is 3. The summed E-state index contributed by atoms with van der Waals surface area (Å²) < 4.78 is 13.3. The Bertz CT molecular complexity index is 738. The molecule has 5 nitrogen and oxygen atoms in total. The van der Waals surface area contributed by atoms with Gasteiger partial charge in [-0.2, -0.15) is 0 Å². The number of anilines is 1. The third kappa shape index (κ3) is 7.38. The molecule has 7 heteroatoms. The Morgan fingerprint density at radius 2 is 1.85 bits per heavy atom. The van der Waals surface area contributed by atoms with E-state index in [-0.39, 0.29) is 42.2 Å². The predicted molar refractivity (Wildman–Crippen MR) is 114 cm³/mol. The van der Waals surface area contributed by atoms with Crippen molar-refractivity contribution < 1.29 is 9.18 Å². The largest absolute Gasteiger partial charge is 0.357 e. The lowest BCUT2D eigenvalue weighted by Crippen LogP contribution is -2.41. The number of nitrogens with one attached hydrogen (secondary N) is 3. The number of rotatable bonds is 6. The number of carbonyl (C=O) groups is 1. The predicted octanol–water partition coefficient (Wildman–Crippen LogP) is 3.45. The average Bonchev–Trinajstić information content (AvgIpc) is 2.61. The van der Waals surface area contributed by atoms with Crippen molar-refractivity contribution in [1.29, 1.82) is 0 Å². The normalized spacial score (nSPS) is 10.7. The Kier molecular flexibility index (Phi) is 9.64. The van der Waals surface area contributed by atoms with Gasteiger partial charge in [-0.05, 0) is 43.2 Å². The average molecular weight is 470 g/mol. The molecule has 0 saturated heterocycles. The first kappa shape index (κ1) is 21.9. The van der Waals surface area contributed by atoms with Gasteiger partial charge in [0.05, 0.1) is 13.1 Å². The summed E-state index contributed by atoms with van der Waals surface area (Å²) in [5, 5.41) is 8.87. The van der Waals surface area contributed by atoms with E-state index in [1.807, 2.05) is 37.3 Å². The second-order valence-electron chi connectivity index (χ2n) is 5.55. The van der Waals surface area contributed by atoms with E-state index in [0.717, 1.165) is 11.3 Å². The van der Waals surface area contributed by atoms with Crippen molar-refractivity contribution in [2.45, 2.75) is 20.4 Å². The molecule has 0 aliphatic heterocycles. The molecule has 2 rings (SSSR count). The Morgan fingerprint density at radius 1 is 1.12 bits per heavy atom. The third-order valence-corrected chi connectivity index (χ3v) is 3.46. The van der Waals surface area contributed by atoms with E-state index in [1.165, 1.54) is 6.07 Å². The van der Waals surface area contributed by atoms with Gasteiger partial charge in [-0.1, -0.05) is 30.3 Å². The summed E-state index contributed by atoms with van der Waals surface area (Å²) in [5.41, 5.74) is 2.25. The SMILES string of the molecule is CCNC(=NCc1ccc(F)c(C)c1)NCC(=O)Nc1ccccc1.I. The maximum Gasteiger partial charge on any atom is 0.243 e. The van der Waals surface area contributed by atoms with Gasteiger partial charge in [0.2, 0.25) is 5.91 Å². The molecule has 0 aliphatic rings. The fourth-order valence-electron chi connectivity index (χ4n) is 2.21. The molecule has 0 bridgehead atoms. The molecule has 0 fully saturated rings. The van der Waals surface area contributed by atoms with E-state index in [9.17, 15) is 9.18 Å².